The van der Waals surface area contributed by atoms with Crippen molar-refractivity contribution in [1.29, 1.82) is 0 Å². The highest BCUT2D eigenvalue weighted by atomic mass is 16.6. The van der Waals surface area contributed by atoms with Gasteiger partial charge in [0, 0.05) is 73.3 Å². The van der Waals surface area contributed by atoms with Gasteiger partial charge in [0.15, 0.2) is 39.1 Å². The van der Waals surface area contributed by atoms with Crippen molar-refractivity contribution in [2.45, 2.75) is 70.0 Å². The average Bonchev–Trinajstić information content (AvgIpc) is 1.56. The van der Waals surface area contributed by atoms with Gasteiger partial charge < -0.3 is 158 Å². The Labute approximate surface area is 820 Å². The standard InChI is InChI=1S/C97H117N19O27/c98-93-110-85-82(104-61-107-85)89(113-93)139-55-67-7-1-64(2-8-67)52-133-46-43-130-40-37-127-34-31-124-28-22-101-79(119)19-25-136-58-96(116-88(122)70-13-16-73-76(49-70)97(143-92(73)123)74-17-14-71(117)50-77(74)142-78-51-72(118)15-18-75(78)97,59-137-26-20-80(120)102-23-29-125-32-35-128-38-41-131-44-47-134-53-65-3-9-68(10-4-65)56-140-90-83-86(108-62-105-83)111-94(99)114-90)60-138-27-21-81(121)103-24-30-126-33-36-129-39-42-132-45-48-135-54-66-5-11-69(12-6-66)57-141-91-84-87(109-63-106-84)112-95(100)115-91/h1-18,49-51,61-63,117-118H,19-48,52-60H2,(H,101,119)(H,102,120)(H,103,121)(H,116,122)(H3,98,104,107,110,113)(H3,99,105,108,111,114)(H3,100,106,109,112,115). The van der Waals surface area contributed by atoms with E-state index in [1.54, 1.807) is 12.1 Å². The molecule has 0 saturated carbocycles. The van der Waals surface area contributed by atoms with E-state index in [1.807, 2.05) is 72.8 Å². The Hall–Kier alpha value is -14.1. The number of aromatic amines is 3. The molecule has 12 aromatic rings. The first-order chi connectivity index (χ1) is 70.0. The Bertz CT molecular complexity index is 5570. The molecular weight excluding hydrogens is 1860 g/mol. The maximum Gasteiger partial charge on any atom is 0.340 e. The van der Waals surface area contributed by atoms with E-state index in [0.717, 1.165) is 33.4 Å². The molecule has 2 aliphatic heterocycles. The van der Waals surface area contributed by atoms with Gasteiger partial charge in [-0.3, -0.25) is 19.2 Å². The van der Waals surface area contributed by atoms with E-state index in [-0.39, 0.29) is 233 Å². The number of hydrogen-bond donors (Lipinski definition) is 12. The molecule has 46 heteroatoms. The fourth-order valence-corrected chi connectivity index (χ4v) is 14.7. The first-order valence-electron chi connectivity index (χ1n) is 46.5. The number of anilines is 3. The molecule has 6 aromatic heterocycles. The number of aromatic nitrogens is 12. The summed E-state index contributed by atoms with van der Waals surface area (Å²) in [7, 11) is 0. The third kappa shape index (κ3) is 32.2. The Morgan fingerprint density at radius 1 is 0.350 bits per heavy atom. The smallest absolute Gasteiger partial charge is 0.340 e. The molecule has 0 unspecified atom stereocenters. The number of H-pyrrole nitrogens is 3. The van der Waals surface area contributed by atoms with Crippen LogP contribution < -0.4 is 57.4 Å². The summed E-state index contributed by atoms with van der Waals surface area (Å²) < 4.78 is 118. The van der Waals surface area contributed by atoms with Gasteiger partial charge in [-0.1, -0.05) is 72.8 Å². The number of carbonyl (C=O) groups is 5. The number of rotatable bonds is 68. The summed E-state index contributed by atoms with van der Waals surface area (Å²) in [5.41, 5.74) is 23.7. The average molecular weight is 1980 g/mol. The fraction of sp³-hybridized carbons (Fsp3) is 0.423. The van der Waals surface area contributed by atoms with Crippen LogP contribution in [0.1, 0.15) is 90.0 Å². The molecule has 762 valence electrons. The second kappa shape index (κ2) is 55.4. The SMILES string of the molecule is Nc1nc(OCc2ccc(COCCOCCOCCOCCNC(=O)CCOCC(COCCC(=O)NCCOCCOCCOCCOCc3ccc(COc4nc(N)nc5[nH]cnc45)cc3)(COCCC(=O)NCCOCCOCCOCCOCc3ccc(COc4nc(N)nc5[nH]cnc45)cc3)NC(=O)c3ccc4c(c3)C3(OC4=O)c4ccc(O)cc4Oc4cc(O)ccc43)cc2)c2nc[nH]c2n1. The molecule has 1 spiro atoms. The maximum absolute atomic E-state index is 15.2. The van der Waals surface area contributed by atoms with Gasteiger partial charge >= 0.3 is 5.97 Å². The van der Waals surface area contributed by atoms with Crippen LogP contribution in [-0.4, -0.2) is 303 Å². The number of aromatic hydroxyl groups is 2. The number of phenolic OH excluding ortho intramolecular Hbond substituents is 2. The van der Waals surface area contributed by atoms with E-state index >= 15 is 4.79 Å². The van der Waals surface area contributed by atoms with Gasteiger partial charge in [0.05, 0.1) is 223 Å². The summed E-state index contributed by atoms with van der Waals surface area (Å²) in [4.78, 5) is 116. The number of benzene rings is 6. The summed E-state index contributed by atoms with van der Waals surface area (Å²) in [6.07, 6.45) is 4.12. The minimum Gasteiger partial charge on any atom is -0.508 e. The molecule has 4 amide bonds. The molecule has 0 saturated heterocycles. The lowest BCUT2D eigenvalue weighted by Crippen LogP contribution is -2.58. The Balaban J connectivity index is 0.512. The number of nitrogens with two attached hydrogens (primary N) is 3. The highest BCUT2D eigenvalue weighted by Gasteiger charge is 2.54. The van der Waals surface area contributed by atoms with Gasteiger partial charge in [-0.05, 0) is 75.8 Å². The zero-order chi connectivity index (χ0) is 99.5. The largest absolute Gasteiger partial charge is 0.508 e. The minimum absolute atomic E-state index is 0.0234. The highest BCUT2D eigenvalue weighted by molar-refractivity contribution is 6.01. The van der Waals surface area contributed by atoms with Crippen LogP contribution >= 0.6 is 0 Å². The molecular formula is C97H117N19O27. The highest BCUT2D eigenvalue weighted by Crippen LogP contribution is 2.57. The van der Waals surface area contributed by atoms with Crippen molar-refractivity contribution in [1.82, 2.24) is 81.1 Å². The molecule has 2 aliphatic rings. The topological polar surface area (TPSA) is 600 Å². The van der Waals surface area contributed by atoms with Crippen LogP contribution in [0.5, 0.6) is 40.6 Å². The first kappa shape index (κ1) is 105. The van der Waals surface area contributed by atoms with Crippen molar-refractivity contribution >= 4 is 80.9 Å². The number of nitrogens with one attached hydrogen (secondary N) is 7. The fourth-order valence-electron chi connectivity index (χ4n) is 14.7. The van der Waals surface area contributed by atoms with Gasteiger partial charge in [0.25, 0.3) is 5.91 Å². The van der Waals surface area contributed by atoms with E-state index in [1.165, 1.54) is 61.4 Å². The number of amides is 4. The Kier molecular flexibility index (Phi) is 40.6. The van der Waals surface area contributed by atoms with Gasteiger partial charge in [0.2, 0.25) is 53.2 Å². The molecule has 0 radical (unpaired) electrons. The van der Waals surface area contributed by atoms with Crippen LogP contribution in [-0.2, 0) is 135 Å². The lowest BCUT2D eigenvalue weighted by molar-refractivity contribution is -0.123. The number of imidazole rings is 3. The van der Waals surface area contributed by atoms with Crippen molar-refractivity contribution in [2.24, 2.45) is 0 Å². The van der Waals surface area contributed by atoms with Crippen LogP contribution in [0.3, 0.4) is 0 Å². The number of phenols is 2. The van der Waals surface area contributed by atoms with Crippen molar-refractivity contribution in [3.63, 3.8) is 0 Å². The minimum atomic E-state index is -1.74. The molecule has 15 N–H and O–H groups in total. The molecule has 143 heavy (non-hydrogen) atoms. The predicted octanol–water partition coefficient (Wildman–Crippen LogP) is 5.99. The van der Waals surface area contributed by atoms with Crippen molar-refractivity contribution in [3.05, 3.63) is 208 Å². The second-order valence-corrected chi connectivity index (χ2v) is 32.4. The van der Waals surface area contributed by atoms with Crippen molar-refractivity contribution in [2.75, 3.05) is 215 Å². The van der Waals surface area contributed by atoms with Crippen LogP contribution in [0.4, 0.5) is 17.8 Å². The second-order valence-electron chi connectivity index (χ2n) is 32.4. The van der Waals surface area contributed by atoms with Crippen molar-refractivity contribution in [3.8, 4) is 40.6 Å². The van der Waals surface area contributed by atoms with E-state index in [9.17, 15) is 29.4 Å². The van der Waals surface area contributed by atoms with E-state index in [4.69, 9.17) is 112 Å². The first-order valence-corrected chi connectivity index (χ1v) is 46.5. The Morgan fingerprint density at radius 2 is 0.657 bits per heavy atom. The quantitative estimate of drug-likeness (QED) is 0.0154. The number of nitrogens with zero attached hydrogens (tertiary/aromatic N) is 9. The number of ether oxygens (including phenoxy) is 20. The van der Waals surface area contributed by atoms with Gasteiger partial charge in [-0.15, -0.1) is 0 Å². The Morgan fingerprint density at radius 3 is 0.986 bits per heavy atom. The van der Waals surface area contributed by atoms with Crippen molar-refractivity contribution < 1.29 is 129 Å². The number of carbonyl (C=O) groups excluding carboxylic acids is 5. The van der Waals surface area contributed by atoms with Crippen LogP contribution in [0.15, 0.2) is 146 Å². The van der Waals surface area contributed by atoms with Crippen LogP contribution in [0.25, 0.3) is 33.5 Å². The van der Waals surface area contributed by atoms with E-state index < -0.39 is 23.0 Å². The summed E-state index contributed by atoms with van der Waals surface area (Å²) in [6, 6.07) is 36.3. The van der Waals surface area contributed by atoms with Gasteiger partial charge in [-0.2, -0.15) is 29.9 Å². The number of hydrogen-bond acceptors (Lipinski definition) is 39. The van der Waals surface area contributed by atoms with Gasteiger partial charge in [-0.25, -0.2) is 19.7 Å². The molecule has 8 heterocycles. The molecule has 14 rings (SSSR count). The van der Waals surface area contributed by atoms with Crippen LogP contribution in [0, 0.1) is 0 Å². The van der Waals surface area contributed by atoms with E-state index in [0.29, 0.717) is 161 Å². The lowest BCUT2D eigenvalue weighted by atomic mass is 9.77. The predicted molar refractivity (Wildman–Crippen MR) is 511 cm³/mol. The molecule has 0 atom stereocenters. The summed E-state index contributed by atoms with van der Waals surface area (Å²) in [5.74, 6) is -1.51. The summed E-state index contributed by atoms with van der Waals surface area (Å²) >= 11 is 0. The van der Waals surface area contributed by atoms with Crippen LogP contribution in [0.2, 0.25) is 0 Å². The monoisotopic (exact) mass is 1980 g/mol. The number of fused-ring (bicyclic) bond motifs is 9. The summed E-state index contributed by atoms with van der Waals surface area (Å²) in [6.45, 7) is 7.29. The van der Waals surface area contributed by atoms with Gasteiger partial charge in [0.1, 0.15) is 48.4 Å². The van der Waals surface area contributed by atoms with E-state index in [2.05, 4.69) is 81.1 Å². The maximum atomic E-state index is 15.2. The molecule has 0 aliphatic carbocycles. The number of nitrogen functional groups attached to an aromatic ring is 3. The molecule has 0 fully saturated rings. The number of esters is 1. The molecule has 6 aromatic carbocycles. The zero-order valence-electron chi connectivity index (χ0n) is 78.8. The third-order valence-electron chi connectivity index (χ3n) is 21.8. The third-order valence-corrected chi connectivity index (χ3v) is 21.8. The molecule has 0 bridgehead atoms. The summed E-state index contributed by atoms with van der Waals surface area (Å²) in [5, 5.41) is 32.8. The lowest BCUT2D eigenvalue weighted by Gasteiger charge is -2.36. The molecule has 46 nitrogen and oxygen atoms in total. The zero-order valence-corrected chi connectivity index (χ0v) is 78.8. The normalized spacial score (nSPS) is 12.5.